The first kappa shape index (κ1) is 93.0. The fraction of sp³-hybridized carbons (Fsp3) is 0.758. The number of hydrogen-bond acceptors (Lipinski definition) is 17. The number of hydrogen-bond donors (Lipinski definition) is 8. The molecule has 9 N–H and O–H groups in total. The molecular weight excluding hydrogens is 1490 g/mol. The van der Waals surface area contributed by atoms with Crippen molar-refractivity contribution in [1.82, 2.24) is 15.0 Å². The van der Waals surface area contributed by atoms with E-state index in [1.807, 2.05) is 12.1 Å². The van der Waals surface area contributed by atoms with Gasteiger partial charge in [0.2, 0.25) is 0 Å². The zero-order chi connectivity index (χ0) is 81.7. The Bertz CT molecular complexity index is 4350. The van der Waals surface area contributed by atoms with Crippen LogP contribution in [0.5, 0.6) is 0 Å². The number of rotatable bonds is 15. The van der Waals surface area contributed by atoms with Crippen LogP contribution in [0.3, 0.4) is 0 Å². The van der Waals surface area contributed by atoms with Crippen molar-refractivity contribution in [3.8, 4) is 0 Å². The summed E-state index contributed by atoms with van der Waals surface area (Å²) in [6, 6.07) is 15.6. The maximum Gasteiger partial charge on any atom is 1.00 e. The van der Waals surface area contributed by atoms with E-state index in [2.05, 4.69) is 93.1 Å². The maximum absolute atomic E-state index is 12.2. The molecule has 119 heavy (non-hydrogen) atoms. The largest absolute Gasteiger partial charge is 1.00 e. The van der Waals surface area contributed by atoms with Gasteiger partial charge in [-0.1, -0.05) is 135 Å². The van der Waals surface area contributed by atoms with Crippen molar-refractivity contribution < 1.29 is 97.6 Å². The number of esters is 1. The topological polar surface area (TPSA) is 330 Å². The minimum absolute atomic E-state index is 0. The Labute approximate surface area is 720 Å². The number of fused-ring (bicyclic) bond motifs is 18. The minimum Gasteiger partial charge on any atom is -0.870 e. The fourth-order valence-corrected chi connectivity index (χ4v) is 31.9. The van der Waals surface area contributed by atoms with Gasteiger partial charge in [0.05, 0.1) is 60.4 Å². The normalized spacial score (nSPS) is 41.6. The number of carbonyl (C=O) groups excluding carboxylic acids is 1. The molecule has 654 valence electrons. The van der Waals surface area contributed by atoms with Crippen molar-refractivity contribution in [2.45, 2.75) is 308 Å². The molecule has 33 atom stereocenters. The molecule has 12 aliphatic carbocycles. The standard InChI is InChI=1S/C33H47NO5.2C32H45NO5.2CH4.Li.H2O/c1-6-20-25-17-19(35)12-14-33(25,4)24-13-15-32(3)22(10-11-23(32)28(24)30(20)36)18(2)16-27-34-29-21(31(37)38-5)8-7-9-26(29)39-27;2*1-5-19-24-16-18(34)11-13-32(24,4)23-12-14-31(3)21(9-10-22(31)27(23)29(19)35)17(2)15-26-33-28-20(30(36)37)7-6-8-25(28)38-26;;;;/h7-9,18-20,22-25,28,30,35-36H,6,10-17H2,1-5H3;2*6-8,17-19,21-24,27,29,34-35H,5,9-16H2,1-4H3,(H,36,37);2*1H4;;1H2/q;;;;;+1;/p-1/t18-,19-,20-,22-,23+,24+,25+,28+,30-,32-,33-;2*17-,18-,19-,21-,22+,23+,24+,27+,29-,31-,32-;;;;/m111..../s1. The molecule has 0 saturated heterocycles. The number of carbonyl (C=O) groups is 3. The van der Waals surface area contributed by atoms with Crippen molar-refractivity contribution >= 4 is 51.2 Å². The number of aromatic carboxylic acids is 2. The first-order valence-electron chi connectivity index (χ1n) is 45.6. The van der Waals surface area contributed by atoms with E-state index in [9.17, 15) is 55.2 Å². The Kier molecular flexibility index (Phi) is 27.6. The number of methoxy groups -OCH3 is 1. The van der Waals surface area contributed by atoms with Crippen molar-refractivity contribution in [3.63, 3.8) is 0 Å². The van der Waals surface area contributed by atoms with Crippen LogP contribution in [0, 0.1) is 157 Å². The summed E-state index contributed by atoms with van der Waals surface area (Å²) in [5.41, 5.74) is 5.21. The average Bonchev–Trinajstić information content (AvgIpc) is 1.69. The number of nitrogens with zero attached hydrogens (tertiary/aromatic N) is 3. The summed E-state index contributed by atoms with van der Waals surface area (Å²) in [6.45, 7) is 28.6. The van der Waals surface area contributed by atoms with E-state index in [-0.39, 0.29) is 137 Å². The van der Waals surface area contributed by atoms with Crippen LogP contribution < -0.4 is 18.9 Å². The van der Waals surface area contributed by atoms with Gasteiger partial charge in [-0.3, -0.25) is 0 Å². The van der Waals surface area contributed by atoms with E-state index in [1.165, 1.54) is 71.3 Å². The molecule has 18 rings (SSSR count). The number of aliphatic hydroxyl groups excluding tert-OH is 6. The van der Waals surface area contributed by atoms with Gasteiger partial charge in [-0.2, -0.15) is 0 Å². The molecule has 0 radical (unpaired) electrons. The summed E-state index contributed by atoms with van der Waals surface area (Å²) >= 11 is 0. The maximum atomic E-state index is 12.2. The minimum atomic E-state index is -0.980. The molecule has 6 aromatic rings. The molecule has 12 saturated carbocycles. The third-order valence-electron chi connectivity index (χ3n) is 37.2. The third kappa shape index (κ3) is 15.4. The van der Waals surface area contributed by atoms with Gasteiger partial charge in [0.15, 0.2) is 34.4 Å². The smallest absolute Gasteiger partial charge is 0.870 e. The fourth-order valence-electron chi connectivity index (χ4n) is 31.9. The van der Waals surface area contributed by atoms with E-state index in [0.29, 0.717) is 176 Å². The Morgan fingerprint density at radius 2 is 0.664 bits per heavy atom. The van der Waals surface area contributed by atoms with Gasteiger partial charge in [-0.15, -0.1) is 0 Å². The van der Waals surface area contributed by atoms with Gasteiger partial charge in [0, 0.05) is 19.3 Å². The van der Waals surface area contributed by atoms with Crippen LogP contribution in [-0.4, -0.2) is 123 Å². The van der Waals surface area contributed by atoms with Crippen LogP contribution in [-0.2, 0) is 24.0 Å². The summed E-state index contributed by atoms with van der Waals surface area (Å²) in [5.74, 6) is 8.63. The number of carboxylic acid groups (broad SMARTS) is 2. The molecule has 19 nitrogen and oxygen atoms in total. The van der Waals surface area contributed by atoms with Gasteiger partial charge in [-0.05, 0) is 328 Å². The third-order valence-corrected chi connectivity index (χ3v) is 37.2. The Morgan fingerprint density at radius 1 is 0.403 bits per heavy atom. The van der Waals surface area contributed by atoms with Crippen LogP contribution in [0.25, 0.3) is 33.3 Å². The van der Waals surface area contributed by atoms with E-state index >= 15 is 0 Å². The molecule has 20 heteroatoms. The Hall–Kier alpha value is -5.20. The monoisotopic (exact) mass is 1640 g/mol. The van der Waals surface area contributed by atoms with E-state index in [1.54, 1.807) is 42.5 Å². The second-order valence-corrected chi connectivity index (χ2v) is 41.8. The molecule has 3 aromatic heterocycles. The van der Waals surface area contributed by atoms with Crippen LogP contribution in [0.15, 0.2) is 67.8 Å². The summed E-state index contributed by atoms with van der Waals surface area (Å²) in [5, 5.41) is 86.5. The van der Waals surface area contributed by atoms with E-state index < -0.39 is 17.9 Å². The predicted octanol–water partition coefficient (Wildman–Crippen LogP) is 17.2. The molecule has 0 amide bonds. The number of para-hydroxylation sites is 3. The first-order chi connectivity index (χ1) is 54.8. The Balaban J connectivity index is 0.000000161. The second kappa shape index (κ2) is 35.3. The molecule has 0 aliphatic heterocycles. The number of aromatic nitrogens is 3. The van der Waals surface area contributed by atoms with Crippen molar-refractivity contribution in [2.24, 2.45) is 157 Å². The summed E-state index contributed by atoms with van der Waals surface area (Å²) in [6.07, 6.45) is 26.3. The number of ether oxygens (including phenoxy) is 1. The zero-order valence-electron chi connectivity index (χ0n) is 72.6. The SMILES string of the molecule is C.C.CC[C@H]1[C@@H](O)[C@@H]2[C@H](CC[C@]3(C)[C@@H]([C@H](C)Cc4nc5c(C(=O)O)cccc5o4)CC[C@@H]23)[C@@]2(C)CC[C@@H](O)C[C@@H]12.CC[C@H]1[C@@H](O)[C@@H]2[C@H](CC[C@]3(C)[C@@H]([C@H](C)Cc4nc5c(C(=O)O)cccc5o4)CC[C@@H]23)[C@@]2(C)CC[C@@H](O)C[C@@H]12.CC[C@H]1[C@@H](O)[C@@H]2[C@H](CC[C@]3(C)[C@@H]([C@H](C)Cc4nc5c(C(=O)OC)cccc5o4)CC[C@@H]23)[C@@]2(C)CC[C@@H](O)C[C@@H]12.[Li+].[OH-]. The molecule has 0 bridgehead atoms. The molecule has 3 heterocycles. The quantitative estimate of drug-likeness (QED) is 0.0350. The van der Waals surface area contributed by atoms with Crippen molar-refractivity contribution in [2.75, 3.05) is 7.11 Å². The van der Waals surface area contributed by atoms with Crippen LogP contribution >= 0.6 is 0 Å². The van der Waals surface area contributed by atoms with Gasteiger partial charge in [-0.25, -0.2) is 29.3 Å². The van der Waals surface area contributed by atoms with E-state index in [0.717, 1.165) is 96.3 Å². The van der Waals surface area contributed by atoms with Gasteiger partial charge in [0.25, 0.3) is 0 Å². The van der Waals surface area contributed by atoms with Gasteiger partial charge < -0.3 is 64.3 Å². The van der Waals surface area contributed by atoms with Gasteiger partial charge >= 0.3 is 36.8 Å². The van der Waals surface area contributed by atoms with Crippen molar-refractivity contribution in [3.05, 3.63) is 89.0 Å². The number of oxazole rings is 3. The average molecular weight is 1640 g/mol. The Morgan fingerprint density at radius 3 is 0.933 bits per heavy atom. The summed E-state index contributed by atoms with van der Waals surface area (Å²) < 4.78 is 23.2. The van der Waals surface area contributed by atoms with Gasteiger partial charge in [0.1, 0.15) is 16.6 Å². The van der Waals surface area contributed by atoms with Crippen LogP contribution in [0.2, 0.25) is 0 Å². The number of carboxylic acids is 2. The number of aliphatic hydroxyl groups is 6. The summed E-state index contributed by atoms with van der Waals surface area (Å²) in [7, 11) is 1.39. The van der Waals surface area contributed by atoms with Crippen LogP contribution in [0.4, 0.5) is 0 Å². The molecule has 0 unspecified atom stereocenters. The number of benzene rings is 3. The van der Waals surface area contributed by atoms with Crippen molar-refractivity contribution in [1.29, 1.82) is 0 Å². The molecular formula is C99H146LiN3O16. The molecule has 12 aliphatic rings. The second-order valence-electron chi connectivity index (χ2n) is 41.8. The molecule has 12 fully saturated rings. The predicted molar refractivity (Wildman–Crippen MR) is 457 cm³/mol. The molecule has 0 spiro atoms. The first-order valence-corrected chi connectivity index (χ1v) is 45.6. The summed E-state index contributed by atoms with van der Waals surface area (Å²) in [4.78, 5) is 49.5. The zero-order valence-corrected chi connectivity index (χ0v) is 72.6. The molecule has 3 aromatic carbocycles. The van der Waals surface area contributed by atoms with Crippen LogP contribution in [0.1, 0.15) is 301 Å². The van der Waals surface area contributed by atoms with E-state index in [4.69, 9.17) is 23.0 Å².